The smallest absolute Gasteiger partial charge is 0.295 e. The van der Waals surface area contributed by atoms with Crippen molar-refractivity contribution in [3.05, 3.63) is 97.3 Å². The predicted octanol–water partition coefficient (Wildman–Crippen LogP) is 7.15. The molecule has 1 amide bonds. The number of ether oxygens (including phenoxy) is 2. The minimum Gasteiger partial charge on any atom is -0.490 e. The molecule has 2 heterocycles. The Morgan fingerprint density at radius 1 is 1.00 bits per heavy atom. The molecule has 36 heavy (non-hydrogen) atoms. The first-order chi connectivity index (χ1) is 17.4. The summed E-state index contributed by atoms with van der Waals surface area (Å²) in [5, 5.41) is 0.735. The highest BCUT2D eigenvalue weighted by atomic mass is 79.9. The molecule has 0 spiro atoms. The number of nitrogens with zero attached hydrogens (tertiary/aromatic N) is 1. The van der Waals surface area contributed by atoms with Crippen molar-refractivity contribution in [3.8, 4) is 11.5 Å². The zero-order valence-corrected chi connectivity index (χ0v) is 22.1. The third-order valence-electron chi connectivity index (χ3n) is 5.96. The zero-order chi connectivity index (χ0) is 25.4. The number of halogens is 2. The molecule has 4 aromatic rings. The predicted molar refractivity (Wildman–Crippen MR) is 144 cm³/mol. The average molecular weight is 569 g/mol. The van der Waals surface area contributed by atoms with Gasteiger partial charge in [0.15, 0.2) is 16.9 Å². The van der Waals surface area contributed by atoms with Crippen molar-refractivity contribution in [2.24, 2.45) is 0 Å². The maximum atomic E-state index is 13.8. The maximum absolute atomic E-state index is 13.8. The molecule has 6 nitrogen and oxygen atoms in total. The first kappa shape index (κ1) is 24.4. The Kier molecular flexibility index (Phi) is 6.77. The SMILES string of the molecule is CCCOc1ccc(C2c3c(oc4ccc(Cl)cc4c3=O)C(=O)N2c2cccc(Br)c2)cc1OCC. The van der Waals surface area contributed by atoms with Crippen LogP contribution < -0.4 is 19.8 Å². The van der Waals surface area contributed by atoms with Gasteiger partial charge >= 0.3 is 0 Å². The van der Waals surface area contributed by atoms with Crippen LogP contribution in [0.25, 0.3) is 11.0 Å². The van der Waals surface area contributed by atoms with Gasteiger partial charge in [-0.25, -0.2) is 0 Å². The quantitative estimate of drug-likeness (QED) is 0.237. The Hall–Kier alpha value is -3.29. The molecule has 1 aliphatic rings. The molecule has 5 rings (SSSR count). The number of hydrogen-bond acceptors (Lipinski definition) is 5. The topological polar surface area (TPSA) is 69.0 Å². The molecule has 8 heteroatoms. The van der Waals surface area contributed by atoms with Gasteiger partial charge in [-0.1, -0.05) is 46.6 Å². The van der Waals surface area contributed by atoms with Gasteiger partial charge in [0.1, 0.15) is 5.58 Å². The van der Waals surface area contributed by atoms with E-state index in [2.05, 4.69) is 15.9 Å². The van der Waals surface area contributed by atoms with Crippen molar-refractivity contribution in [3.63, 3.8) is 0 Å². The summed E-state index contributed by atoms with van der Waals surface area (Å²) in [6.07, 6.45) is 0.852. The molecule has 0 fully saturated rings. The molecule has 0 radical (unpaired) electrons. The van der Waals surface area contributed by atoms with Crippen LogP contribution in [0.1, 0.15) is 48.0 Å². The van der Waals surface area contributed by atoms with Gasteiger partial charge in [-0.3, -0.25) is 14.5 Å². The van der Waals surface area contributed by atoms with E-state index in [1.807, 2.05) is 56.3 Å². The van der Waals surface area contributed by atoms with Gasteiger partial charge in [0, 0.05) is 15.2 Å². The summed E-state index contributed by atoms with van der Waals surface area (Å²) < 4.78 is 18.6. The van der Waals surface area contributed by atoms with E-state index in [0.29, 0.717) is 52.0 Å². The Bertz CT molecular complexity index is 1530. The highest BCUT2D eigenvalue weighted by Crippen LogP contribution is 2.43. The van der Waals surface area contributed by atoms with Crippen LogP contribution >= 0.6 is 27.5 Å². The molecule has 0 aliphatic carbocycles. The van der Waals surface area contributed by atoms with Crippen LogP contribution in [0.3, 0.4) is 0 Å². The van der Waals surface area contributed by atoms with E-state index < -0.39 is 11.9 Å². The van der Waals surface area contributed by atoms with Crippen molar-refractivity contribution >= 4 is 50.1 Å². The lowest BCUT2D eigenvalue weighted by molar-refractivity contribution is 0.0971. The van der Waals surface area contributed by atoms with Crippen molar-refractivity contribution in [1.29, 1.82) is 0 Å². The molecule has 1 aromatic heterocycles. The lowest BCUT2D eigenvalue weighted by Gasteiger charge is -2.26. The molecule has 0 saturated heterocycles. The van der Waals surface area contributed by atoms with Crippen LogP contribution in [0, 0.1) is 0 Å². The van der Waals surface area contributed by atoms with Gasteiger partial charge in [-0.2, -0.15) is 0 Å². The summed E-state index contributed by atoms with van der Waals surface area (Å²) in [6.45, 7) is 4.90. The van der Waals surface area contributed by atoms with Gasteiger partial charge in [-0.05, 0) is 67.4 Å². The maximum Gasteiger partial charge on any atom is 0.295 e. The fourth-order valence-corrected chi connectivity index (χ4v) is 5.01. The molecule has 184 valence electrons. The second-order valence-electron chi connectivity index (χ2n) is 8.36. The number of fused-ring (bicyclic) bond motifs is 2. The van der Waals surface area contributed by atoms with Gasteiger partial charge in [0.25, 0.3) is 5.91 Å². The first-order valence-corrected chi connectivity index (χ1v) is 12.8. The Morgan fingerprint density at radius 3 is 2.58 bits per heavy atom. The number of amides is 1. The number of carbonyl (C=O) groups is 1. The molecule has 1 unspecified atom stereocenters. The molecule has 3 aromatic carbocycles. The van der Waals surface area contributed by atoms with Crippen molar-refractivity contribution in [2.75, 3.05) is 18.1 Å². The summed E-state index contributed by atoms with van der Waals surface area (Å²) in [5.41, 5.74) is 1.59. The molecule has 1 atom stereocenters. The minimum absolute atomic E-state index is 0.0177. The van der Waals surface area contributed by atoms with E-state index in [-0.39, 0.29) is 16.8 Å². The Balaban J connectivity index is 1.76. The summed E-state index contributed by atoms with van der Waals surface area (Å²) in [5.74, 6) is 0.778. The van der Waals surface area contributed by atoms with Crippen molar-refractivity contribution < 1.29 is 18.7 Å². The summed E-state index contributed by atoms with van der Waals surface area (Å²) in [6, 6.07) is 16.9. The molecule has 0 saturated carbocycles. The van der Waals surface area contributed by atoms with Crippen LogP contribution in [0.5, 0.6) is 11.5 Å². The lowest BCUT2D eigenvalue weighted by Crippen LogP contribution is -2.29. The fraction of sp³-hybridized carbons (Fsp3) is 0.214. The molecule has 0 N–H and O–H groups in total. The number of benzene rings is 3. The molecular weight excluding hydrogens is 546 g/mol. The number of carbonyl (C=O) groups excluding carboxylic acids is 1. The van der Waals surface area contributed by atoms with Crippen LogP contribution in [0.15, 0.2) is 74.3 Å². The number of anilines is 1. The number of rotatable bonds is 7. The monoisotopic (exact) mass is 567 g/mol. The largest absolute Gasteiger partial charge is 0.490 e. The lowest BCUT2D eigenvalue weighted by atomic mass is 9.97. The summed E-state index contributed by atoms with van der Waals surface area (Å²) in [4.78, 5) is 29.2. The van der Waals surface area contributed by atoms with E-state index in [4.69, 9.17) is 25.5 Å². The summed E-state index contributed by atoms with van der Waals surface area (Å²) in [7, 11) is 0. The second kappa shape index (κ2) is 9.99. The van der Waals surface area contributed by atoms with Gasteiger partial charge in [-0.15, -0.1) is 0 Å². The third kappa shape index (κ3) is 4.27. The third-order valence-corrected chi connectivity index (χ3v) is 6.69. The van der Waals surface area contributed by atoms with Crippen molar-refractivity contribution in [1.82, 2.24) is 0 Å². The Morgan fingerprint density at radius 2 is 1.83 bits per heavy atom. The molecule has 1 aliphatic heterocycles. The zero-order valence-electron chi connectivity index (χ0n) is 19.7. The van der Waals surface area contributed by atoms with Crippen LogP contribution in [0.2, 0.25) is 5.02 Å². The van der Waals surface area contributed by atoms with E-state index in [0.717, 1.165) is 10.9 Å². The summed E-state index contributed by atoms with van der Waals surface area (Å²) >= 11 is 9.68. The van der Waals surface area contributed by atoms with Crippen molar-refractivity contribution in [2.45, 2.75) is 26.3 Å². The van der Waals surface area contributed by atoms with E-state index >= 15 is 0 Å². The van der Waals surface area contributed by atoms with Gasteiger partial charge in [0.05, 0.1) is 30.2 Å². The van der Waals surface area contributed by atoms with Gasteiger partial charge in [0.2, 0.25) is 5.76 Å². The molecule has 0 bridgehead atoms. The Labute approximate surface area is 221 Å². The normalized spacial score (nSPS) is 14.8. The highest BCUT2D eigenvalue weighted by molar-refractivity contribution is 9.10. The molecular formula is C28H23BrClNO5. The average Bonchev–Trinajstić information content (AvgIpc) is 3.16. The second-order valence-corrected chi connectivity index (χ2v) is 9.71. The minimum atomic E-state index is -0.735. The number of hydrogen-bond donors (Lipinski definition) is 0. The van der Waals surface area contributed by atoms with Crippen LogP contribution in [-0.2, 0) is 0 Å². The van der Waals surface area contributed by atoms with E-state index in [1.54, 1.807) is 23.1 Å². The van der Waals surface area contributed by atoms with Gasteiger partial charge < -0.3 is 13.9 Å². The van der Waals surface area contributed by atoms with E-state index in [1.165, 1.54) is 0 Å². The van der Waals surface area contributed by atoms with Crippen LogP contribution in [0.4, 0.5) is 5.69 Å². The standard InChI is InChI=1S/C28H23BrClNO5/c1-3-12-35-22-10-8-16(13-23(22)34-4-2)25-24-26(32)20-15-18(30)9-11-21(20)36-27(24)28(33)31(25)19-7-5-6-17(29)14-19/h5-11,13-15,25H,3-4,12H2,1-2H3. The van der Waals surface area contributed by atoms with E-state index in [9.17, 15) is 9.59 Å². The fourth-order valence-electron chi connectivity index (χ4n) is 4.45. The first-order valence-electron chi connectivity index (χ1n) is 11.7. The highest BCUT2D eigenvalue weighted by Gasteiger charge is 2.44. The van der Waals surface area contributed by atoms with Crippen LogP contribution in [-0.4, -0.2) is 19.1 Å².